The fraction of sp³-hybridized carbons (Fsp3) is 0.685. The molecule has 0 aromatic heterocycles. The summed E-state index contributed by atoms with van der Waals surface area (Å²) >= 11 is 0. The molecule has 450 valence electrons. The smallest absolute Gasteiger partial charge is 0.306 e. The molecule has 0 heterocycles. The van der Waals surface area contributed by atoms with Crippen LogP contribution in [0.2, 0.25) is 0 Å². The van der Waals surface area contributed by atoms with Crippen LogP contribution in [0.3, 0.4) is 0 Å². The molecule has 6 nitrogen and oxygen atoms in total. The predicted octanol–water partition coefficient (Wildman–Crippen LogP) is 22.8. The van der Waals surface area contributed by atoms with E-state index in [1.54, 1.807) is 0 Å². The second-order valence-electron chi connectivity index (χ2n) is 21.6. The molecular weight excluding hydrogens is 973 g/mol. The summed E-state index contributed by atoms with van der Waals surface area (Å²) in [6.07, 6.45) is 92.3. The first-order valence-corrected chi connectivity index (χ1v) is 33.0. The van der Waals surface area contributed by atoms with Crippen molar-refractivity contribution in [3.8, 4) is 0 Å². The molecule has 0 N–H and O–H groups in total. The van der Waals surface area contributed by atoms with Crippen molar-refractivity contribution in [1.29, 1.82) is 0 Å². The largest absolute Gasteiger partial charge is 0.462 e. The van der Waals surface area contributed by atoms with Gasteiger partial charge in [0, 0.05) is 19.3 Å². The van der Waals surface area contributed by atoms with Crippen LogP contribution in [0.1, 0.15) is 303 Å². The number of hydrogen-bond donors (Lipinski definition) is 0. The molecule has 0 aromatic rings. The normalized spacial score (nSPS) is 12.9. The monoisotopic (exact) mass is 1090 g/mol. The fourth-order valence-corrected chi connectivity index (χ4v) is 9.07. The number of carbonyl (C=O) groups excluding carboxylic acids is 3. The zero-order chi connectivity index (χ0) is 57.1. The molecule has 1 atom stereocenters. The quantitative estimate of drug-likeness (QED) is 0.0261. The maximum Gasteiger partial charge on any atom is 0.306 e. The highest BCUT2D eigenvalue weighted by molar-refractivity contribution is 5.71. The topological polar surface area (TPSA) is 78.9 Å². The van der Waals surface area contributed by atoms with Gasteiger partial charge in [-0.05, 0) is 116 Å². The summed E-state index contributed by atoms with van der Waals surface area (Å²) in [5, 5.41) is 0. The minimum absolute atomic E-state index is 0.102. The van der Waals surface area contributed by atoms with Gasteiger partial charge in [0.1, 0.15) is 13.2 Å². The van der Waals surface area contributed by atoms with Crippen LogP contribution in [-0.2, 0) is 28.6 Å². The van der Waals surface area contributed by atoms with Crippen LogP contribution in [-0.4, -0.2) is 37.2 Å². The molecule has 0 radical (unpaired) electrons. The summed E-state index contributed by atoms with van der Waals surface area (Å²) < 4.78 is 16.9. The van der Waals surface area contributed by atoms with Crippen molar-refractivity contribution in [1.82, 2.24) is 0 Å². The number of carbonyl (C=O) groups is 3. The minimum atomic E-state index is -0.812. The fourth-order valence-electron chi connectivity index (χ4n) is 9.07. The van der Waals surface area contributed by atoms with Gasteiger partial charge in [-0.15, -0.1) is 0 Å². The van der Waals surface area contributed by atoms with Crippen molar-refractivity contribution in [2.45, 2.75) is 309 Å². The standard InChI is InChI=1S/C73H122O6/c1-4-7-10-13-16-19-22-25-27-29-31-32-33-34-35-36-37-38-39-40-42-43-45-48-51-54-57-60-63-66-72(75)78-69-70(68-77-71(74)65-62-59-56-53-50-47-24-21-18-15-12-9-6-3)79-73(76)67-64-61-58-55-52-49-46-44-41-30-28-26-23-20-17-14-11-8-5-2/h7,9-10,12,16-21,25-28,31-32,47,50,56,59,70H,4-6,8,11,13-15,22-24,29-30,33-46,48-49,51-55,57-58,60-69H2,1-3H3/b10-7-,12-9-,19-16-,20-17-,21-18-,27-25-,28-26-,32-31-,50-47-,59-56-. The third-order valence-corrected chi connectivity index (χ3v) is 13.9. The van der Waals surface area contributed by atoms with Crippen LogP contribution < -0.4 is 0 Å². The molecule has 0 amide bonds. The van der Waals surface area contributed by atoms with Gasteiger partial charge in [0.15, 0.2) is 6.10 Å². The average molecular weight is 1100 g/mol. The van der Waals surface area contributed by atoms with Gasteiger partial charge in [0.05, 0.1) is 0 Å². The molecule has 0 rings (SSSR count). The molecule has 79 heavy (non-hydrogen) atoms. The Labute approximate surface area is 488 Å². The molecule has 0 aliphatic heterocycles. The molecule has 0 aliphatic rings. The van der Waals surface area contributed by atoms with Crippen molar-refractivity contribution in [3.05, 3.63) is 122 Å². The highest BCUT2D eigenvalue weighted by Gasteiger charge is 2.19. The Morgan fingerprint density at radius 2 is 0.519 bits per heavy atom. The number of hydrogen-bond acceptors (Lipinski definition) is 6. The van der Waals surface area contributed by atoms with Gasteiger partial charge in [-0.1, -0.05) is 290 Å². The van der Waals surface area contributed by atoms with Crippen molar-refractivity contribution in [2.75, 3.05) is 13.2 Å². The zero-order valence-electron chi connectivity index (χ0n) is 51.6. The third-order valence-electron chi connectivity index (χ3n) is 13.9. The zero-order valence-corrected chi connectivity index (χ0v) is 51.6. The Balaban J connectivity index is 4.29. The molecule has 6 heteroatoms. The summed E-state index contributed by atoms with van der Waals surface area (Å²) in [6.45, 7) is 6.34. The van der Waals surface area contributed by atoms with E-state index in [9.17, 15) is 14.4 Å². The van der Waals surface area contributed by atoms with E-state index in [0.29, 0.717) is 19.3 Å². The number of ether oxygens (including phenoxy) is 3. The van der Waals surface area contributed by atoms with E-state index in [4.69, 9.17) is 14.2 Å². The number of rotatable bonds is 59. The highest BCUT2D eigenvalue weighted by Crippen LogP contribution is 2.16. The molecule has 0 aromatic carbocycles. The van der Waals surface area contributed by atoms with Gasteiger partial charge < -0.3 is 14.2 Å². The first-order chi connectivity index (χ1) is 39.0. The van der Waals surface area contributed by atoms with Crippen LogP contribution in [0.15, 0.2) is 122 Å². The Morgan fingerprint density at radius 3 is 0.848 bits per heavy atom. The molecule has 0 bridgehead atoms. The van der Waals surface area contributed by atoms with Crippen LogP contribution in [0.4, 0.5) is 0 Å². The lowest BCUT2D eigenvalue weighted by atomic mass is 10.0. The van der Waals surface area contributed by atoms with E-state index in [1.807, 2.05) is 6.08 Å². The molecule has 0 spiro atoms. The van der Waals surface area contributed by atoms with Gasteiger partial charge in [-0.3, -0.25) is 14.4 Å². The third kappa shape index (κ3) is 64.5. The Morgan fingerprint density at radius 1 is 0.266 bits per heavy atom. The average Bonchev–Trinajstić information content (AvgIpc) is 3.45. The summed E-state index contributed by atoms with van der Waals surface area (Å²) in [6, 6.07) is 0. The van der Waals surface area contributed by atoms with E-state index >= 15 is 0 Å². The lowest BCUT2D eigenvalue weighted by Crippen LogP contribution is -2.30. The maximum absolute atomic E-state index is 12.9. The Bertz CT molecular complexity index is 1640. The maximum atomic E-state index is 12.9. The van der Waals surface area contributed by atoms with Gasteiger partial charge in [-0.2, -0.15) is 0 Å². The molecular formula is C73H122O6. The van der Waals surface area contributed by atoms with Gasteiger partial charge >= 0.3 is 17.9 Å². The summed E-state index contributed by atoms with van der Waals surface area (Å²) in [5.41, 5.74) is 0. The van der Waals surface area contributed by atoms with E-state index in [2.05, 4.69) is 136 Å². The van der Waals surface area contributed by atoms with Crippen LogP contribution >= 0.6 is 0 Å². The van der Waals surface area contributed by atoms with Gasteiger partial charge in [-0.25, -0.2) is 0 Å². The van der Waals surface area contributed by atoms with Crippen molar-refractivity contribution in [2.24, 2.45) is 0 Å². The lowest BCUT2D eigenvalue weighted by Gasteiger charge is -2.18. The summed E-state index contributed by atoms with van der Waals surface area (Å²) in [4.78, 5) is 38.3. The van der Waals surface area contributed by atoms with Crippen LogP contribution in [0.25, 0.3) is 0 Å². The second kappa shape index (κ2) is 66.3. The molecule has 0 saturated carbocycles. The van der Waals surface area contributed by atoms with Crippen molar-refractivity contribution in [3.63, 3.8) is 0 Å². The predicted molar refractivity (Wildman–Crippen MR) is 343 cm³/mol. The first-order valence-electron chi connectivity index (χ1n) is 33.0. The van der Waals surface area contributed by atoms with Crippen LogP contribution in [0.5, 0.6) is 0 Å². The van der Waals surface area contributed by atoms with Gasteiger partial charge in [0.2, 0.25) is 0 Å². The van der Waals surface area contributed by atoms with E-state index < -0.39 is 6.10 Å². The molecule has 0 aliphatic carbocycles. The second-order valence-corrected chi connectivity index (χ2v) is 21.6. The van der Waals surface area contributed by atoms with E-state index in [-0.39, 0.29) is 37.5 Å². The number of unbranched alkanes of at least 4 members (excludes halogenated alkanes) is 28. The van der Waals surface area contributed by atoms with Gasteiger partial charge in [0.25, 0.3) is 0 Å². The Hall–Kier alpha value is -4.19. The summed E-state index contributed by atoms with van der Waals surface area (Å²) in [7, 11) is 0. The first kappa shape index (κ1) is 74.8. The Kier molecular flexibility index (Phi) is 62.8. The SMILES string of the molecule is CC/C=C\C/C=C\C/C=C\C/C=C\CCCCCCCCCCCCCCCCCCC(=O)OCC(COC(=O)CC/C=C\C/C=C\C/C=C\C/C=C\CC)OC(=O)CCCCCCCCCCC/C=C\C/C=C\CCCCC. The highest BCUT2D eigenvalue weighted by atomic mass is 16.6. The lowest BCUT2D eigenvalue weighted by molar-refractivity contribution is -0.166. The van der Waals surface area contributed by atoms with Crippen molar-refractivity contribution >= 4 is 17.9 Å². The molecule has 0 fully saturated rings. The molecule has 0 saturated heterocycles. The van der Waals surface area contributed by atoms with E-state index in [0.717, 1.165) is 96.3 Å². The molecule has 1 unspecified atom stereocenters. The number of allylic oxidation sites excluding steroid dienone is 20. The minimum Gasteiger partial charge on any atom is -0.462 e. The number of esters is 3. The van der Waals surface area contributed by atoms with Crippen LogP contribution in [0, 0.1) is 0 Å². The van der Waals surface area contributed by atoms with Crippen molar-refractivity contribution < 1.29 is 28.6 Å². The summed E-state index contributed by atoms with van der Waals surface area (Å²) in [5.74, 6) is -0.984. The van der Waals surface area contributed by atoms with E-state index in [1.165, 1.54) is 161 Å².